The lowest BCUT2D eigenvalue weighted by molar-refractivity contribution is 0.106. The van der Waals surface area contributed by atoms with Crippen molar-refractivity contribution in [1.29, 1.82) is 0 Å². The number of H-pyrrole nitrogens is 1. The van der Waals surface area contributed by atoms with Crippen molar-refractivity contribution in [3.8, 4) is 5.75 Å². The van der Waals surface area contributed by atoms with Gasteiger partial charge in [0.2, 0.25) is 5.78 Å². The van der Waals surface area contributed by atoms with Crippen LogP contribution in [0.25, 0.3) is 10.9 Å². The second-order valence-electron chi connectivity index (χ2n) is 5.93. The van der Waals surface area contributed by atoms with Gasteiger partial charge >= 0.3 is 0 Å². The maximum absolute atomic E-state index is 12.6. The number of nitrogens with one attached hydrogen (secondary N) is 1. The van der Waals surface area contributed by atoms with Crippen molar-refractivity contribution >= 4 is 48.3 Å². The van der Waals surface area contributed by atoms with Crippen molar-refractivity contribution in [1.82, 2.24) is 4.98 Å². The fourth-order valence-electron chi connectivity index (χ4n) is 2.90. The lowest BCUT2D eigenvalue weighted by atomic mass is 10.1. The van der Waals surface area contributed by atoms with Crippen LogP contribution in [0.15, 0.2) is 51.2 Å². The molecule has 1 aliphatic rings. The molecule has 2 heterocycles. The summed E-state index contributed by atoms with van der Waals surface area (Å²) in [5.74, 6) is -1.24. The van der Waals surface area contributed by atoms with E-state index in [1.54, 1.807) is 0 Å². The molecule has 3 aromatic rings. The molecule has 10 nitrogen and oxygen atoms in total. The lowest BCUT2D eigenvalue weighted by Crippen LogP contribution is -2.12. The molecule has 0 fully saturated rings. The van der Waals surface area contributed by atoms with E-state index in [2.05, 4.69) is 9.98 Å². The number of carbonyl (C=O) groups is 1. The van der Waals surface area contributed by atoms with Gasteiger partial charge in [-0.1, -0.05) is 0 Å². The number of fused-ring (bicyclic) bond motifs is 2. The number of benzene rings is 2. The molecule has 0 saturated heterocycles. The smallest absolute Gasteiger partial charge is 0.215 e. The zero-order chi connectivity index (χ0) is 20.4. The lowest BCUT2D eigenvalue weighted by Gasteiger charge is -2.07. The number of hydrogen-bond acceptors (Lipinski definition) is 9. The number of Topliss-reactive ketones (excluding diaryl/α,β-unsaturated/α-hetero) is 1. The minimum absolute atomic E-state index is 0. The van der Waals surface area contributed by atoms with Gasteiger partial charge in [-0.05, 0) is 36.4 Å². The van der Waals surface area contributed by atoms with E-state index in [-0.39, 0.29) is 48.4 Å². The number of hydrogen-bond donors (Lipinski definition) is 2. The summed E-state index contributed by atoms with van der Waals surface area (Å²) in [6.07, 6.45) is 0. The second kappa shape index (κ2) is 7.18. The Hall–Kier alpha value is -3.32. The Labute approximate surface area is 172 Å². The molecule has 12 heteroatoms. The quantitative estimate of drug-likeness (QED) is 0.448. The van der Waals surface area contributed by atoms with E-state index in [4.69, 9.17) is 0 Å². The third kappa shape index (κ3) is 3.52. The standard InChI is InChI=1S/C16H10N2O8S2.2CH3/c19-15-9-5-7(27(21,22)23)1-3-11(9)17-13(15)14-16(20)10-6-8(28(24,25)26)2-4-12(10)18-14;;/h1-6,17,19H,(H,21,22,23)(H,24,25,26);2*1H3/q;2*+1/p-2. The number of aromatic amines is 1. The number of rotatable bonds is 3. The molecule has 0 spiro atoms. The van der Waals surface area contributed by atoms with Gasteiger partial charge in [0.25, 0.3) is 0 Å². The highest BCUT2D eigenvalue weighted by Gasteiger charge is 2.30. The molecule has 156 valence electrons. The third-order valence-electron chi connectivity index (χ3n) is 4.22. The van der Waals surface area contributed by atoms with Crippen LogP contribution in [0.4, 0.5) is 5.69 Å². The molecule has 0 bridgehead atoms. The molecule has 0 radical (unpaired) electrons. The van der Waals surface area contributed by atoms with Crippen molar-refractivity contribution in [2.75, 3.05) is 0 Å². The van der Waals surface area contributed by atoms with Crippen LogP contribution in [0.1, 0.15) is 16.1 Å². The topological polar surface area (TPSA) is 180 Å². The summed E-state index contributed by atoms with van der Waals surface area (Å²) < 4.78 is 66.9. The van der Waals surface area contributed by atoms with Crippen molar-refractivity contribution in [2.45, 2.75) is 9.79 Å². The highest BCUT2D eigenvalue weighted by atomic mass is 32.2. The van der Waals surface area contributed by atoms with Gasteiger partial charge in [0.15, 0.2) is 5.75 Å². The van der Waals surface area contributed by atoms with Gasteiger partial charge in [-0.15, -0.1) is 0 Å². The van der Waals surface area contributed by atoms with E-state index >= 15 is 0 Å². The monoisotopic (exact) mass is 450 g/mol. The molecular weight excluding hydrogens is 436 g/mol. The van der Waals surface area contributed by atoms with Gasteiger partial charge < -0.3 is 19.2 Å². The Kier molecular flexibility index (Phi) is 5.49. The van der Waals surface area contributed by atoms with Crippen molar-refractivity contribution in [3.05, 3.63) is 62.5 Å². The van der Waals surface area contributed by atoms with E-state index in [0.29, 0.717) is 0 Å². The summed E-state index contributed by atoms with van der Waals surface area (Å²) in [5, 5.41) is 10.4. The molecule has 1 aliphatic heterocycles. The molecule has 0 amide bonds. The van der Waals surface area contributed by atoms with Gasteiger partial charge in [-0.3, -0.25) is 4.79 Å². The van der Waals surface area contributed by atoms with Crippen LogP contribution in [0.3, 0.4) is 0 Å². The molecule has 4 rings (SSSR count). The van der Waals surface area contributed by atoms with Crippen LogP contribution in [0, 0.1) is 14.9 Å². The number of aromatic nitrogens is 1. The minimum Gasteiger partial charge on any atom is -0.744 e. The molecular formula is C18H14N2O8S2. The first-order valence-corrected chi connectivity index (χ1v) is 10.3. The fraction of sp³-hybridized carbons (Fsp3) is 0. The fourth-order valence-corrected chi connectivity index (χ4v) is 3.90. The highest BCUT2D eigenvalue weighted by molar-refractivity contribution is 7.86. The first kappa shape index (κ1) is 23.0. The number of aliphatic imine (C=N–C) groups is 1. The van der Waals surface area contributed by atoms with Crippen molar-refractivity contribution < 1.29 is 35.8 Å². The second-order valence-corrected chi connectivity index (χ2v) is 8.69. The number of ketones is 1. The molecule has 2 N–H and O–H groups in total. The van der Waals surface area contributed by atoms with E-state index in [0.717, 1.165) is 24.3 Å². The van der Waals surface area contributed by atoms with E-state index in [1.165, 1.54) is 12.1 Å². The van der Waals surface area contributed by atoms with Gasteiger partial charge in [0, 0.05) is 25.8 Å². The molecule has 30 heavy (non-hydrogen) atoms. The summed E-state index contributed by atoms with van der Waals surface area (Å²) in [6.45, 7) is 0. The summed E-state index contributed by atoms with van der Waals surface area (Å²) >= 11 is 0. The Balaban J connectivity index is 0.00000160. The number of carbonyl (C=O) groups excluding carboxylic acids is 1. The molecule has 0 aliphatic carbocycles. The zero-order valence-corrected chi connectivity index (χ0v) is 17.2. The van der Waals surface area contributed by atoms with E-state index in [9.17, 15) is 35.8 Å². The van der Waals surface area contributed by atoms with Gasteiger partial charge in [-0.2, -0.15) is 0 Å². The van der Waals surface area contributed by atoms with Crippen LogP contribution >= 0.6 is 0 Å². The summed E-state index contributed by atoms with van der Waals surface area (Å²) in [4.78, 5) is 18.2. The van der Waals surface area contributed by atoms with Gasteiger partial charge in [0.1, 0.15) is 31.6 Å². The molecule has 0 atom stereocenters. The normalized spacial score (nSPS) is 13.4. The first-order chi connectivity index (χ1) is 13.0. The number of nitrogens with zero attached hydrogens (tertiary/aromatic N) is 1. The van der Waals surface area contributed by atoms with E-state index < -0.39 is 41.6 Å². The highest BCUT2D eigenvalue weighted by Crippen LogP contribution is 2.36. The van der Waals surface area contributed by atoms with Crippen molar-refractivity contribution in [2.24, 2.45) is 4.99 Å². The molecule has 0 saturated carbocycles. The average Bonchev–Trinajstić information content (AvgIpc) is 3.10. The van der Waals surface area contributed by atoms with Crippen LogP contribution in [-0.4, -0.2) is 47.5 Å². The van der Waals surface area contributed by atoms with E-state index in [1.807, 2.05) is 0 Å². The predicted octanol–water partition coefficient (Wildman–Crippen LogP) is 1.90. The predicted molar refractivity (Wildman–Crippen MR) is 106 cm³/mol. The average molecular weight is 450 g/mol. The summed E-state index contributed by atoms with van der Waals surface area (Å²) in [5.41, 5.74) is -0.172. The Bertz CT molecular complexity index is 1430. The Morgan fingerprint density at radius 3 is 2.07 bits per heavy atom. The van der Waals surface area contributed by atoms with Crippen LogP contribution in [-0.2, 0) is 20.2 Å². The number of aromatic hydroxyl groups is 1. The Morgan fingerprint density at radius 1 is 0.900 bits per heavy atom. The molecule has 0 unspecified atom stereocenters. The summed E-state index contributed by atoms with van der Waals surface area (Å²) in [6, 6.07) is 6.35. The zero-order valence-electron chi connectivity index (χ0n) is 15.5. The SMILES string of the molecule is O=C1C(c2[nH]c3ccc(S(=O)(=O)[O-])cc3c2O)=Nc2ccc(S(=O)(=O)[O-])cc21.[CH3+].[CH3+]. The molecule has 1 aromatic heterocycles. The first-order valence-electron chi connectivity index (χ1n) is 7.51. The van der Waals surface area contributed by atoms with Gasteiger partial charge in [-0.25, -0.2) is 21.8 Å². The van der Waals surface area contributed by atoms with Crippen LogP contribution < -0.4 is 0 Å². The largest absolute Gasteiger partial charge is 0.744 e. The van der Waals surface area contributed by atoms with Gasteiger partial charge in [0.05, 0.1) is 21.0 Å². The van der Waals surface area contributed by atoms with Crippen LogP contribution in [0.5, 0.6) is 5.75 Å². The minimum atomic E-state index is -4.77. The maximum Gasteiger partial charge on any atom is 0.215 e. The maximum atomic E-state index is 12.6. The third-order valence-corrected chi connectivity index (χ3v) is 5.88. The summed E-state index contributed by atoms with van der Waals surface area (Å²) in [7, 11) is -9.53. The Morgan fingerprint density at radius 2 is 1.47 bits per heavy atom. The van der Waals surface area contributed by atoms with Crippen LogP contribution in [0.2, 0.25) is 0 Å². The molecule has 2 aromatic carbocycles. The van der Waals surface area contributed by atoms with Crippen molar-refractivity contribution in [3.63, 3.8) is 0 Å².